The molecule has 0 saturated heterocycles. The minimum Gasteiger partial charge on any atom is -0.355 e. The molecule has 21 heavy (non-hydrogen) atoms. The number of hydrogen-bond donors (Lipinski definition) is 3. The van der Waals surface area contributed by atoms with Crippen molar-refractivity contribution in [1.82, 2.24) is 16.0 Å². The number of carbonyl (C=O) groups excluding carboxylic acids is 3. The SMILES string of the molecule is CCNC(=O)[C@H](C)NC(=O)CNC(=O)c1ccc(Cl)cc1. The minimum atomic E-state index is -0.648. The maximum Gasteiger partial charge on any atom is 0.251 e. The number of halogens is 1. The molecule has 1 aromatic rings. The fourth-order valence-corrected chi connectivity index (χ4v) is 1.68. The molecule has 7 heteroatoms. The Morgan fingerprint density at radius 1 is 1.14 bits per heavy atom. The Labute approximate surface area is 128 Å². The highest BCUT2D eigenvalue weighted by Crippen LogP contribution is 2.09. The summed E-state index contributed by atoms with van der Waals surface area (Å²) in [6.07, 6.45) is 0. The van der Waals surface area contributed by atoms with Crippen molar-refractivity contribution in [3.05, 3.63) is 34.9 Å². The summed E-state index contributed by atoms with van der Waals surface area (Å²) in [4.78, 5) is 34.8. The molecule has 3 N–H and O–H groups in total. The average molecular weight is 312 g/mol. The number of hydrogen-bond acceptors (Lipinski definition) is 3. The fourth-order valence-electron chi connectivity index (χ4n) is 1.55. The van der Waals surface area contributed by atoms with E-state index in [1.54, 1.807) is 38.1 Å². The summed E-state index contributed by atoms with van der Waals surface area (Å²) in [5.41, 5.74) is 0.406. The summed E-state index contributed by atoms with van der Waals surface area (Å²) in [6, 6.07) is 5.66. The van der Waals surface area contributed by atoms with Crippen LogP contribution in [0.25, 0.3) is 0 Å². The lowest BCUT2D eigenvalue weighted by molar-refractivity contribution is -0.128. The van der Waals surface area contributed by atoms with Crippen LogP contribution in [-0.4, -0.2) is 36.9 Å². The van der Waals surface area contributed by atoms with Crippen molar-refractivity contribution in [2.24, 2.45) is 0 Å². The van der Waals surface area contributed by atoms with Crippen molar-refractivity contribution < 1.29 is 14.4 Å². The first-order chi connectivity index (χ1) is 9.93. The van der Waals surface area contributed by atoms with Crippen LogP contribution in [0.5, 0.6) is 0 Å². The van der Waals surface area contributed by atoms with Crippen LogP contribution < -0.4 is 16.0 Å². The molecule has 0 heterocycles. The van der Waals surface area contributed by atoms with E-state index < -0.39 is 11.9 Å². The zero-order valence-corrected chi connectivity index (χ0v) is 12.7. The third-order valence-corrected chi connectivity index (χ3v) is 2.89. The standard InChI is InChI=1S/C14H18ClN3O3/c1-3-16-13(20)9(2)18-12(19)8-17-14(21)10-4-6-11(15)7-5-10/h4-7,9H,3,8H2,1-2H3,(H,16,20)(H,17,21)(H,18,19)/t9-/m0/s1. The van der Waals surface area contributed by atoms with Crippen LogP contribution in [0.2, 0.25) is 5.02 Å². The van der Waals surface area contributed by atoms with Crippen molar-refractivity contribution in [3.8, 4) is 0 Å². The molecule has 0 aromatic heterocycles. The van der Waals surface area contributed by atoms with Gasteiger partial charge in [0.25, 0.3) is 5.91 Å². The summed E-state index contributed by atoms with van der Waals surface area (Å²) >= 11 is 5.72. The molecule has 114 valence electrons. The summed E-state index contributed by atoms with van der Waals surface area (Å²) < 4.78 is 0. The topological polar surface area (TPSA) is 87.3 Å². The molecule has 6 nitrogen and oxygen atoms in total. The molecule has 0 radical (unpaired) electrons. The second-order valence-corrected chi connectivity index (χ2v) is 4.81. The average Bonchev–Trinajstić information content (AvgIpc) is 2.45. The van der Waals surface area contributed by atoms with Crippen LogP contribution in [0.15, 0.2) is 24.3 Å². The first-order valence-electron chi connectivity index (χ1n) is 6.55. The van der Waals surface area contributed by atoms with E-state index >= 15 is 0 Å². The van der Waals surface area contributed by atoms with Gasteiger partial charge in [-0.25, -0.2) is 0 Å². The fraction of sp³-hybridized carbons (Fsp3) is 0.357. The lowest BCUT2D eigenvalue weighted by Crippen LogP contribution is -2.47. The quantitative estimate of drug-likeness (QED) is 0.723. The highest BCUT2D eigenvalue weighted by Gasteiger charge is 2.15. The predicted octanol–water partition coefficient (Wildman–Crippen LogP) is 0.711. The normalized spacial score (nSPS) is 11.4. The Kier molecular flexibility index (Phi) is 6.68. The Hall–Kier alpha value is -2.08. The third-order valence-electron chi connectivity index (χ3n) is 2.64. The highest BCUT2D eigenvalue weighted by atomic mass is 35.5. The lowest BCUT2D eigenvalue weighted by atomic mass is 10.2. The van der Waals surface area contributed by atoms with Crippen molar-refractivity contribution >= 4 is 29.3 Å². The zero-order valence-electron chi connectivity index (χ0n) is 11.9. The van der Waals surface area contributed by atoms with Gasteiger partial charge in [-0.3, -0.25) is 14.4 Å². The Balaban J connectivity index is 2.40. The zero-order chi connectivity index (χ0) is 15.8. The molecule has 0 aliphatic rings. The van der Waals surface area contributed by atoms with Crippen molar-refractivity contribution in [3.63, 3.8) is 0 Å². The number of rotatable bonds is 6. The Bertz CT molecular complexity index is 517. The van der Waals surface area contributed by atoms with Crippen LogP contribution in [0.1, 0.15) is 24.2 Å². The maximum absolute atomic E-state index is 11.8. The van der Waals surface area contributed by atoms with E-state index in [0.29, 0.717) is 17.1 Å². The summed E-state index contributed by atoms with van der Waals surface area (Å²) in [5, 5.41) is 8.08. The van der Waals surface area contributed by atoms with Crippen LogP contribution in [0, 0.1) is 0 Å². The number of amides is 3. The molecule has 1 atom stereocenters. The van der Waals surface area contributed by atoms with E-state index in [1.165, 1.54) is 0 Å². The Morgan fingerprint density at radius 3 is 2.33 bits per heavy atom. The van der Waals surface area contributed by atoms with Gasteiger partial charge in [-0.15, -0.1) is 0 Å². The molecule has 0 fully saturated rings. The molecule has 0 aliphatic heterocycles. The van der Waals surface area contributed by atoms with Gasteiger partial charge in [-0.1, -0.05) is 11.6 Å². The summed E-state index contributed by atoms with van der Waals surface area (Å²) in [7, 11) is 0. The molecule has 3 amide bonds. The van der Waals surface area contributed by atoms with E-state index in [4.69, 9.17) is 11.6 Å². The number of carbonyl (C=O) groups is 3. The molecule has 0 aliphatic carbocycles. The van der Waals surface area contributed by atoms with E-state index in [-0.39, 0.29) is 18.4 Å². The van der Waals surface area contributed by atoms with Crippen molar-refractivity contribution in [2.75, 3.05) is 13.1 Å². The molecular weight excluding hydrogens is 294 g/mol. The number of likely N-dealkylation sites (N-methyl/N-ethyl adjacent to an activating group) is 1. The smallest absolute Gasteiger partial charge is 0.251 e. The van der Waals surface area contributed by atoms with Gasteiger partial charge >= 0.3 is 0 Å². The molecule has 1 aromatic carbocycles. The first kappa shape index (κ1) is 17.0. The van der Waals surface area contributed by atoms with Gasteiger partial charge in [0.2, 0.25) is 11.8 Å². The van der Waals surface area contributed by atoms with E-state index in [0.717, 1.165) is 0 Å². The van der Waals surface area contributed by atoms with Crippen LogP contribution >= 0.6 is 11.6 Å². The molecule has 0 spiro atoms. The largest absolute Gasteiger partial charge is 0.355 e. The molecule has 0 saturated carbocycles. The van der Waals surface area contributed by atoms with E-state index in [9.17, 15) is 14.4 Å². The second-order valence-electron chi connectivity index (χ2n) is 4.37. The van der Waals surface area contributed by atoms with Crippen molar-refractivity contribution in [2.45, 2.75) is 19.9 Å². The molecule has 0 unspecified atom stereocenters. The Morgan fingerprint density at radius 2 is 1.76 bits per heavy atom. The predicted molar refractivity (Wildman–Crippen MR) is 80.1 cm³/mol. The summed E-state index contributed by atoms with van der Waals surface area (Å²) in [5.74, 6) is -1.08. The van der Waals surface area contributed by atoms with Crippen molar-refractivity contribution in [1.29, 1.82) is 0 Å². The number of benzene rings is 1. The molecule has 0 bridgehead atoms. The minimum absolute atomic E-state index is 0.203. The van der Waals surface area contributed by atoms with Gasteiger partial charge in [0.05, 0.1) is 6.54 Å². The lowest BCUT2D eigenvalue weighted by Gasteiger charge is -2.13. The van der Waals surface area contributed by atoms with Crippen LogP contribution in [-0.2, 0) is 9.59 Å². The van der Waals surface area contributed by atoms with Gasteiger partial charge in [0.15, 0.2) is 0 Å². The highest BCUT2D eigenvalue weighted by molar-refractivity contribution is 6.30. The molecule has 1 rings (SSSR count). The van der Waals surface area contributed by atoms with E-state index in [2.05, 4.69) is 16.0 Å². The van der Waals surface area contributed by atoms with Gasteiger partial charge in [-0.2, -0.15) is 0 Å². The maximum atomic E-state index is 11.8. The van der Waals surface area contributed by atoms with Gasteiger partial charge in [0, 0.05) is 17.1 Å². The van der Waals surface area contributed by atoms with Gasteiger partial charge < -0.3 is 16.0 Å². The first-order valence-corrected chi connectivity index (χ1v) is 6.92. The van der Waals surface area contributed by atoms with E-state index in [1.807, 2.05) is 0 Å². The second kappa shape index (κ2) is 8.26. The van der Waals surface area contributed by atoms with Gasteiger partial charge in [-0.05, 0) is 38.1 Å². The number of nitrogens with one attached hydrogen (secondary N) is 3. The molecular formula is C14H18ClN3O3. The van der Waals surface area contributed by atoms with Crippen LogP contribution in [0.4, 0.5) is 0 Å². The third kappa shape index (κ3) is 5.83. The summed E-state index contributed by atoms with van der Waals surface area (Å²) in [6.45, 7) is 3.65. The monoisotopic (exact) mass is 311 g/mol. The van der Waals surface area contributed by atoms with Gasteiger partial charge in [0.1, 0.15) is 6.04 Å². The van der Waals surface area contributed by atoms with Crippen LogP contribution in [0.3, 0.4) is 0 Å².